The Balaban J connectivity index is 3.02. The minimum atomic E-state index is -0.856. The summed E-state index contributed by atoms with van der Waals surface area (Å²) in [5.74, 6) is -1.58. The van der Waals surface area contributed by atoms with Crippen molar-refractivity contribution >= 4 is 12.3 Å². The fourth-order valence-corrected chi connectivity index (χ4v) is 1.33. The van der Waals surface area contributed by atoms with Crippen LogP contribution in [0, 0.1) is 0 Å². The normalized spacial score (nSPS) is 14.3. The molecule has 0 aliphatic carbocycles. The van der Waals surface area contributed by atoms with E-state index >= 15 is 0 Å². The van der Waals surface area contributed by atoms with Crippen molar-refractivity contribution in [3.63, 3.8) is 0 Å². The third kappa shape index (κ3) is 2.65. The van der Waals surface area contributed by atoms with Crippen LogP contribution in [-0.2, 0) is 9.59 Å². The molecule has 2 atom stereocenters. The van der Waals surface area contributed by atoms with E-state index in [9.17, 15) is 9.59 Å². The number of carbonyl (C=O) groups excluding carboxylic acids is 1. The largest absolute Gasteiger partial charge is 0.481 e. The average Bonchev–Trinajstić information content (AvgIpc) is 2.27. The molecule has 0 heterocycles. The molecule has 0 aromatic heterocycles. The van der Waals surface area contributed by atoms with Gasteiger partial charge in [0.25, 0.3) is 0 Å². The van der Waals surface area contributed by atoms with Crippen molar-refractivity contribution in [1.29, 1.82) is 0 Å². The van der Waals surface area contributed by atoms with Crippen LogP contribution in [0.1, 0.15) is 36.8 Å². The molecule has 0 amide bonds. The molecular weight excluding hydrogens is 192 g/mol. The first kappa shape index (κ1) is 11.4. The van der Waals surface area contributed by atoms with E-state index in [-0.39, 0.29) is 5.92 Å². The Hall–Kier alpha value is -1.64. The first-order valence-corrected chi connectivity index (χ1v) is 4.84. The summed E-state index contributed by atoms with van der Waals surface area (Å²) in [6.45, 7) is 3.42. The number of rotatable bonds is 4. The van der Waals surface area contributed by atoms with Gasteiger partial charge >= 0.3 is 5.97 Å². The Morgan fingerprint density at radius 2 is 1.93 bits per heavy atom. The van der Waals surface area contributed by atoms with Gasteiger partial charge in [-0.25, -0.2) is 0 Å². The zero-order chi connectivity index (χ0) is 11.4. The lowest BCUT2D eigenvalue weighted by molar-refractivity contribution is -0.138. The molecule has 0 aliphatic rings. The number of carbonyl (C=O) groups is 2. The van der Waals surface area contributed by atoms with Crippen LogP contribution in [0.15, 0.2) is 24.3 Å². The highest BCUT2D eigenvalue weighted by atomic mass is 16.4. The van der Waals surface area contributed by atoms with Crippen molar-refractivity contribution in [2.24, 2.45) is 0 Å². The molecule has 2 unspecified atom stereocenters. The van der Waals surface area contributed by atoms with E-state index in [2.05, 4.69) is 0 Å². The number of carboxylic acids is 1. The Morgan fingerprint density at radius 1 is 1.33 bits per heavy atom. The topological polar surface area (TPSA) is 54.4 Å². The third-order valence-electron chi connectivity index (χ3n) is 2.51. The van der Waals surface area contributed by atoms with E-state index < -0.39 is 11.9 Å². The van der Waals surface area contributed by atoms with Crippen molar-refractivity contribution in [2.45, 2.75) is 25.7 Å². The van der Waals surface area contributed by atoms with Gasteiger partial charge in [0.15, 0.2) is 0 Å². The SMILES string of the molecule is CC(C=O)c1cccc(C(C)C(=O)O)c1. The fraction of sp³-hybridized carbons (Fsp3) is 0.333. The molecule has 3 nitrogen and oxygen atoms in total. The van der Waals surface area contributed by atoms with E-state index in [0.717, 1.165) is 17.4 Å². The number of aldehydes is 1. The number of carboxylic acid groups (broad SMARTS) is 1. The zero-order valence-electron chi connectivity index (χ0n) is 8.81. The monoisotopic (exact) mass is 206 g/mol. The lowest BCUT2D eigenvalue weighted by Crippen LogP contribution is -2.08. The summed E-state index contributed by atoms with van der Waals surface area (Å²) in [5, 5.41) is 8.85. The second-order valence-corrected chi connectivity index (χ2v) is 3.65. The highest BCUT2D eigenvalue weighted by Crippen LogP contribution is 2.20. The molecule has 0 spiro atoms. The van der Waals surface area contributed by atoms with Gasteiger partial charge in [-0.1, -0.05) is 31.2 Å². The van der Waals surface area contributed by atoms with Crippen molar-refractivity contribution in [1.82, 2.24) is 0 Å². The van der Waals surface area contributed by atoms with Crippen LogP contribution < -0.4 is 0 Å². The van der Waals surface area contributed by atoms with Crippen molar-refractivity contribution < 1.29 is 14.7 Å². The highest BCUT2D eigenvalue weighted by Gasteiger charge is 2.14. The van der Waals surface area contributed by atoms with Crippen LogP contribution in [0.4, 0.5) is 0 Å². The summed E-state index contributed by atoms with van der Waals surface area (Å²) < 4.78 is 0. The molecule has 0 bridgehead atoms. The van der Waals surface area contributed by atoms with Gasteiger partial charge < -0.3 is 9.90 Å². The number of hydrogen-bond donors (Lipinski definition) is 1. The van der Waals surface area contributed by atoms with Crippen LogP contribution in [0.2, 0.25) is 0 Å². The van der Waals surface area contributed by atoms with Crippen molar-refractivity contribution in [2.75, 3.05) is 0 Å². The molecule has 0 radical (unpaired) electrons. The number of benzene rings is 1. The van der Waals surface area contributed by atoms with Crippen molar-refractivity contribution in [3.8, 4) is 0 Å². The van der Waals surface area contributed by atoms with E-state index in [4.69, 9.17) is 5.11 Å². The lowest BCUT2D eigenvalue weighted by atomic mass is 9.95. The first-order chi connectivity index (χ1) is 7.06. The van der Waals surface area contributed by atoms with Crippen LogP contribution in [0.5, 0.6) is 0 Å². The standard InChI is InChI=1S/C12H14O3/c1-8(7-13)10-4-3-5-11(6-10)9(2)12(14)15/h3-9H,1-2H3,(H,14,15). The molecule has 0 saturated carbocycles. The van der Waals surface area contributed by atoms with Gasteiger partial charge in [-0.2, -0.15) is 0 Å². The zero-order valence-corrected chi connectivity index (χ0v) is 8.81. The van der Waals surface area contributed by atoms with Crippen LogP contribution in [-0.4, -0.2) is 17.4 Å². The van der Waals surface area contributed by atoms with E-state index in [1.54, 1.807) is 32.0 Å². The fourth-order valence-electron chi connectivity index (χ4n) is 1.33. The summed E-state index contributed by atoms with van der Waals surface area (Å²) in [4.78, 5) is 21.4. The molecule has 15 heavy (non-hydrogen) atoms. The van der Waals surface area contributed by atoms with Crippen LogP contribution in [0.3, 0.4) is 0 Å². The third-order valence-corrected chi connectivity index (χ3v) is 2.51. The van der Waals surface area contributed by atoms with Gasteiger partial charge in [0.05, 0.1) is 5.92 Å². The van der Waals surface area contributed by atoms with Gasteiger partial charge in [-0.15, -0.1) is 0 Å². The summed E-state index contributed by atoms with van der Waals surface area (Å²) >= 11 is 0. The van der Waals surface area contributed by atoms with Crippen molar-refractivity contribution in [3.05, 3.63) is 35.4 Å². The molecule has 0 fully saturated rings. The quantitative estimate of drug-likeness (QED) is 0.768. The molecule has 1 rings (SSSR count). The molecule has 1 N–H and O–H groups in total. The minimum Gasteiger partial charge on any atom is -0.481 e. The van der Waals surface area contributed by atoms with Gasteiger partial charge in [0, 0.05) is 5.92 Å². The summed E-state index contributed by atoms with van der Waals surface area (Å²) in [6.07, 6.45) is 0.852. The van der Waals surface area contributed by atoms with E-state index in [1.807, 2.05) is 6.07 Å². The van der Waals surface area contributed by atoms with E-state index in [1.165, 1.54) is 0 Å². The first-order valence-electron chi connectivity index (χ1n) is 4.84. The maximum Gasteiger partial charge on any atom is 0.310 e. The Bertz CT molecular complexity index is 371. The van der Waals surface area contributed by atoms with Gasteiger partial charge in [0.1, 0.15) is 6.29 Å². The Labute approximate surface area is 88.7 Å². The summed E-state index contributed by atoms with van der Waals surface area (Å²) in [5.41, 5.74) is 1.59. The van der Waals surface area contributed by atoms with Gasteiger partial charge in [-0.3, -0.25) is 4.79 Å². The highest BCUT2D eigenvalue weighted by molar-refractivity contribution is 5.75. The van der Waals surface area contributed by atoms with Crippen LogP contribution >= 0.6 is 0 Å². The van der Waals surface area contributed by atoms with E-state index in [0.29, 0.717) is 0 Å². The Kier molecular flexibility index (Phi) is 3.61. The predicted molar refractivity (Wildman–Crippen MR) is 57.0 cm³/mol. The average molecular weight is 206 g/mol. The summed E-state index contributed by atoms with van der Waals surface area (Å²) in [7, 11) is 0. The minimum absolute atomic E-state index is 0.189. The second kappa shape index (κ2) is 4.73. The predicted octanol–water partition coefficient (Wildman–Crippen LogP) is 2.18. The lowest BCUT2D eigenvalue weighted by Gasteiger charge is -2.10. The molecule has 1 aromatic carbocycles. The van der Waals surface area contributed by atoms with Crippen LogP contribution in [0.25, 0.3) is 0 Å². The maximum absolute atomic E-state index is 10.8. The molecule has 1 aromatic rings. The number of hydrogen-bond acceptors (Lipinski definition) is 2. The molecule has 0 saturated heterocycles. The molecule has 3 heteroatoms. The van der Waals surface area contributed by atoms with Gasteiger partial charge in [0.2, 0.25) is 0 Å². The smallest absolute Gasteiger partial charge is 0.310 e. The Morgan fingerprint density at radius 3 is 2.47 bits per heavy atom. The second-order valence-electron chi connectivity index (χ2n) is 3.65. The molecular formula is C12H14O3. The summed E-state index contributed by atoms with van der Waals surface area (Å²) in [6, 6.07) is 7.15. The molecule has 80 valence electrons. The van der Waals surface area contributed by atoms with Gasteiger partial charge in [-0.05, 0) is 18.1 Å². The number of aliphatic carboxylic acids is 1. The maximum atomic E-state index is 10.8. The molecule has 0 aliphatic heterocycles.